The van der Waals surface area contributed by atoms with Gasteiger partial charge in [0.05, 0.1) is 6.61 Å². The molecule has 0 fully saturated rings. The van der Waals surface area contributed by atoms with Crippen molar-refractivity contribution in [1.82, 2.24) is 4.57 Å². The Morgan fingerprint density at radius 2 is 1.36 bits per heavy atom. The van der Waals surface area contributed by atoms with E-state index in [-0.39, 0.29) is 0 Å². The van der Waals surface area contributed by atoms with Gasteiger partial charge in [0.25, 0.3) is 0 Å². The van der Waals surface area contributed by atoms with Gasteiger partial charge in [-0.1, -0.05) is 70.4 Å². The fraction of sp³-hybridized carbons (Fsp3) is 0.467. The highest BCUT2D eigenvalue weighted by atomic mass is 16.5. The van der Waals surface area contributed by atoms with Crippen LogP contribution < -0.4 is 4.74 Å². The van der Waals surface area contributed by atoms with Gasteiger partial charge < -0.3 is 14.4 Å². The summed E-state index contributed by atoms with van der Waals surface area (Å²) in [6.07, 6.45) is 13.0. The Kier molecular flexibility index (Phi) is 10.4. The molecule has 1 heterocycles. The predicted octanol–water partition coefficient (Wildman–Crippen LogP) is 8.32. The van der Waals surface area contributed by atoms with Gasteiger partial charge >= 0.3 is 0 Å². The maximum absolute atomic E-state index is 9.57. The Bertz CT molecular complexity index is 925. The minimum Gasteiger partial charge on any atom is -0.508 e. The van der Waals surface area contributed by atoms with Crippen LogP contribution in [0.5, 0.6) is 11.5 Å². The number of unbranched alkanes of at least 4 members (excludes halogenated alkanes) is 8. The number of aryl methyl sites for hydroxylation is 2. The standard InChI is InChI=1S/C30H41NO2/c1-3-4-5-6-7-8-9-10-11-24-33-29-19-13-26(14-20-29)22-23-31-25(2)12-21-30(31)27-15-17-28(32)18-16-27/h12-21,32H,3-11,22-24H2,1-2H3. The summed E-state index contributed by atoms with van der Waals surface area (Å²) in [5.41, 5.74) is 4.88. The number of phenolic OH excluding ortho intramolecular Hbond substituents is 1. The molecule has 0 bridgehead atoms. The second-order valence-corrected chi connectivity index (χ2v) is 9.13. The fourth-order valence-corrected chi connectivity index (χ4v) is 4.35. The molecular formula is C30H41NO2. The number of rotatable bonds is 15. The number of hydrogen-bond donors (Lipinski definition) is 1. The van der Waals surface area contributed by atoms with Crippen LogP contribution in [0.15, 0.2) is 60.7 Å². The second kappa shape index (κ2) is 13.8. The lowest BCUT2D eigenvalue weighted by Gasteiger charge is -2.13. The van der Waals surface area contributed by atoms with E-state index < -0.39 is 0 Å². The van der Waals surface area contributed by atoms with Crippen LogP contribution >= 0.6 is 0 Å². The highest BCUT2D eigenvalue weighted by Crippen LogP contribution is 2.25. The van der Waals surface area contributed by atoms with Gasteiger partial charge in [-0.2, -0.15) is 0 Å². The fourth-order valence-electron chi connectivity index (χ4n) is 4.35. The van der Waals surface area contributed by atoms with Crippen molar-refractivity contribution in [2.24, 2.45) is 0 Å². The molecule has 0 saturated heterocycles. The normalized spacial score (nSPS) is 11.1. The quantitative estimate of drug-likeness (QED) is 0.238. The molecule has 0 amide bonds. The average Bonchev–Trinajstić information content (AvgIpc) is 3.20. The van der Waals surface area contributed by atoms with Gasteiger partial charge in [0, 0.05) is 17.9 Å². The molecule has 0 aliphatic rings. The molecule has 2 aromatic carbocycles. The molecule has 3 aromatic rings. The summed E-state index contributed by atoms with van der Waals surface area (Å²) in [6, 6.07) is 20.3. The van der Waals surface area contributed by atoms with Crippen LogP contribution in [0, 0.1) is 6.92 Å². The molecule has 0 aliphatic heterocycles. The first-order valence-electron chi connectivity index (χ1n) is 12.8. The third-order valence-electron chi connectivity index (χ3n) is 6.43. The van der Waals surface area contributed by atoms with Gasteiger partial charge in [-0.25, -0.2) is 0 Å². The zero-order chi connectivity index (χ0) is 23.3. The van der Waals surface area contributed by atoms with Crippen LogP contribution in [-0.4, -0.2) is 16.3 Å². The minimum atomic E-state index is 0.300. The molecule has 0 radical (unpaired) electrons. The SMILES string of the molecule is CCCCCCCCCCCOc1ccc(CCn2c(C)ccc2-c2ccc(O)cc2)cc1. The number of ether oxygens (including phenoxy) is 1. The lowest BCUT2D eigenvalue weighted by atomic mass is 10.1. The van der Waals surface area contributed by atoms with Crippen LogP contribution in [-0.2, 0) is 13.0 Å². The van der Waals surface area contributed by atoms with Crippen LogP contribution in [0.1, 0.15) is 76.0 Å². The maximum Gasteiger partial charge on any atom is 0.119 e. The highest BCUT2D eigenvalue weighted by Gasteiger charge is 2.08. The van der Waals surface area contributed by atoms with Gasteiger partial charge in [-0.05, 0) is 79.4 Å². The molecule has 178 valence electrons. The van der Waals surface area contributed by atoms with E-state index in [2.05, 4.69) is 54.8 Å². The van der Waals surface area contributed by atoms with E-state index in [4.69, 9.17) is 4.74 Å². The van der Waals surface area contributed by atoms with Crippen molar-refractivity contribution in [3.8, 4) is 22.8 Å². The van der Waals surface area contributed by atoms with Crippen molar-refractivity contribution in [2.45, 2.75) is 84.6 Å². The predicted molar refractivity (Wildman–Crippen MR) is 139 cm³/mol. The first-order chi connectivity index (χ1) is 16.2. The number of aromatic nitrogens is 1. The molecular weight excluding hydrogens is 406 g/mol. The second-order valence-electron chi connectivity index (χ2n) is 9.13. The van der Waals surface area contributed by atoms with Gasteiger partial charge in [-0.3, -0.25) is 0 Å². The molecule has 1 aromatic heterocycles. The summed E-state index contributed by atoms with van der Waals surface area (Å²) in [4.78, 5) is 0. The number of phenols is 1. The van der Waals surface area contributed by atoms with E-state index in [1.54, 1.807) is 12.1 Å². The van der Waals surface area contributed by atoms with Gasteiger partial charge in [0.15, 0.2) is 0 Å². The van der Waals surface area contributed by atoms with Crippen molar-refractivity contribution in [1.29, 1.82) is 0 Å². The number of hydrogen-bond acceptors (Lipinski definition) is 2. The zero-order valence-electron chi connectivity index (χ0n) is 20.6. The molecule has 3 nitrogen and oxygen atoms in total. The van der Waals surface area contributed by atoms with Crippen LogP contribution in [0.25, 0.3) is 11.3 Å². The number of benzene rings is 2. The number of nitrogens with zero attached hydrogens (tertiary/aromatic N) is 1. The van der Waals surface area contributed by atoms with E-state index in [1.165, 1.54) is 68.3 Å². The lowest BCUT2D eigenvalue weighted by Crippen LogP contribution is -2.05. The van der Waals surface area contributed by atoms with E-state index in [0.717, 1.165) is 37.3 Å². The van der Waals surface area contributed by atoms with E-state index in [0.29, 0.717) is 5.75 Å². The first kappa shape index (κ1) is 25.0. The van der Waals surface area contributed by atoms with Gasteiger partial charge in [0.1, 0.15) is 11.5 Å². The Morgan fingerprint density at radius 3 is 2.03 bits per heavy atom. The Balaban J connectivity index is 1.38. The maximum atomic E-state index is 9.57. The molecule has 0 atom stereocenters. The molecule has 3 rings (SSSR count). The minimum absolute atomic E-state index is 0.300. The smallest absolute Gasteiger partial charge is 0.119 e. The zero-order valence-corrected chi connectivity index (χ0v) is 20.6. The largest absolute Gasteiger partial charge is 0.508 e. The molecule has 0 aliphatic carbocycles. The van der Waals surface area contributed by atoms with E-state index in [1.807, 2.05) is 12.1 Å². The van der Waals surface area contributed by atoms with Crippen molar-refractivity contribution in [2.75, 3.05) is 6.61 Å². The van der Waals surface area contributed by atoms with Crippen molar-refractivity contribution in [3.05, 3.63) is 71.9 Å². The van der Waals surface area contributed by atoms with E-state index >= 15 is 0 Å². The first-order valence-corrected chi connectivity index (χ1v) is 12.8. The summed E-state index contributed by atoms with van der Waals surface area (Å²) >= 11 is 0. The Morgan fingerprint density at radius 1 is 0.727 bits per heavy atom. The monoisotopic (exact) mass is 447 g/mol. The van der Waals surface area contributed by atoms with Gasteiger partial charge in [-0.15, -0.1) is 0 Å². The van der Waals surface area contributed by atoms with E-state index in [9.17, 15) is 5.11 Å². The van der Waals surface area contributed by atoms with Crippen molar-refractivity contribution in [3.63, 3.8) is 0 Å². The Hall–Kier alpha value is -2.68. The van der Waals surface area contributed by atoms with Crippen LogP contribution in [0.3, 0.4) is 0 Å². The molecule has 3 heteroatoms. The summed E-state index contributed by atoms with van der Waals surface area (Å²) in [5, 5.41) is 9.57. The van der Waals surface area contributed by atoms with Gasteiger partial charge in [0.2, 0.25) is 0 Å². The molecule has 0 spiro atoms. The summed E-state index contributed by atoms with van der Waals surface area (Å²) in [5.74, 6) is 1.27. The third-order valence-corrected chi connectivity index (χ3v) is 6.43. The third kappa shape index (κ3) is 8.31. The molecule has 0 unspecified atom stereocenters. The van der Waals surface area contributed by atoms with Crippen LogP contribution in [0.4, 0.5) is 0 Å². The Labute approximate surface area is 200 Å². The summed E-state index contributed by atoms with van der Waals surface area (Å²) in [7, 11) is 0. The summed E-state index contributed by atoms with van der Waals surface area (Å²) < 4.78 is 8.30. The lowest BCUT2D eigenvalue weighted by molar-refractivity contribution is 0.304. The van der Waals surface area contributed by atoms with Crippen molar-refractivity contribution < 1.29 is 9.84 Å². The number of aromatic hydroxyl groups is 1. The topological polar surface area (TPSA) is 34.4 Å². The molecule has 1 N–H and O–H groups in total. The average molecular weight is 448 g/mol. The summed E-state index contributed by atoms with van der Waals surface area (Å²) in [6.45, 7) is 6.16. The molecule has 33 heavy (non-hydrogen) atoms. The van der Waals surface area contributed by atoms with Crippen LogP contribution in [0.2, 0.25) is 0 Å². The van der Waals surface area contributed by atoms with Crippen molar-refractivity contribution >= 4 is 0 Å². The highest BCUT2D eigenvalue weighted by molar-refractivity contribution is 5.61. The molecule has 0 saturated carbocycles.